The lowest BCUT2D eigenvalue weighted by atomic mass is 9.91. The van der Waals surface area contributed by atoms with Gasteiger partial charge in [-0.25, -0.2) is 0 Å². The van der Waals surface area contributed by atoms with Crippen molar-refractivity contribution >= 4 is 27.3 Å². The van der Waals surface area contributed by atoms with Crippen molar-refractivity contribution in [3.05, 3.63) is 131 Å². The van der Waals surface area contributed by atoms with E-state index in [0.717, 1.165) is 17.5 Å². The summed E-state index contributed by atoms with van der Waals surface area (Å²) in [5, 5.41) is 13.8. The Bertz CT molecular complexity index is 1340. The van der Waals surface area contributed by atoms with Gasteiger partial charge in [0.2, 0.25) is 0 Å². The van der Waals surface area contributed by atoms with Crippen molar-refractivity contribution in [3.8, 4) is 0 Å². The fraction of sp³-hybridized carbons (Fsp3) is 0.0357. The molecule has 0 aliphatic heterocycles. The Hall–Kier alpha value is -3.71. The highest BCUT2D eigenvalue weighted by Gasteiger charge is 2.12. The van der Waals surface area contributed by atoms with Crippen LogP contribution in [0.5, 0.6) is 0 Å². The summed E-state index contributed by atoms with van der Waals surface area (Å²) in [4.78, 5) is 0. The lowest BCUT2D eigenvalue weighted by molar-refractivity contribution is 1.20. The maximum atomic E-state index is 8.92. The van der Waals surface area contributed by atoms with E-state index < -0.39 is 0 Å². The summed E-state index contributed by atoms with van der Waals surface area (Å²) in [5.74, 6) is 0. The van der Waals surface area contributed by atoms with Crippen LogP contribution in [0.4, 0.5) is 0 Å². The van der Waals surface area contributed by atoms with E-state index in [1.165, 1.54) is 32.7 Å². The number of rotatable bonds is 4. The van der Waals surface area contributed by atoms with Crippen molar-refractivity contribution in [2.24, 2.45) is 0 Å². The molecule has 29 heavy (non-hydrogen) atoms. The molecule has 1 heteroatoms. The molecule has 0 fully saturated rings. The molecule has 0 heterocycles. The molecular weight excluding hydrogens is 350 g/mol. The SMILES string of the molecule is N=C(c1ccc2ccccc2c1)c1ccccc1Cc1cccc2ccccc12. The van der Waals surface area contributed by atoms with E-state index in [4.69, 9.17) is 5.41 Å². The van der Waals surface area contributed by atoms with Gasteiger partial charge in [-0.15, -0.1) is 0 Å². The highest BCUT2D eigenvalue weighted by Crippen LogP contribution is 2.25. The number of fused-ring (bicyclic) bond motifs is 2. The largest absolute Gasteiger partial charge is 0.300 e. The first kappa shape index (κ1) is 17.4. The summed E-state index contributed by atoms with van der Waals surface area (Å²) in [5.41, 5.74) is 5.00. The van der Waals surface area contributed by atoms with Gasteiger partial charge in [-0.2, -0.15) is 0 Å². The minimum absolute atomic E-state index is 0.576. The van der Waals surface area contributed by atoms with E-state index in [1.807, 2.05) is 18.2 Å². The van der Waals surface area contributed by atoms with Gasteiger partial charge < -0.3 is 0 Å². The van der Waals surface area contributed by atoms with Gasteiger partial charge in [0.1, 0.15) is 0 Å². The van der Waals surface area contributed by atoms with Crippen LogP contribution in [0.2, 0.25) is 0 Å². The van der Waals surface area contributed by atoms with Crippen molar-refractivity contribution < 1.29 is 0 Å². The Balaban J connectivity index is 1.55. The van der Waals surface area contributed by atoms with Crippen molar-refractivity contribution in [2.45, 2.75) is 6.42 Å². The van der Waals surface area contributed by atoms with Gasteiger partial charge in [0.05, 0.1) is 5.71 Å². The molecule has 0 bridgehead atoms. The Morgan fingerprint density at radius 3 is 2.10 bits per heavy atom. The molecule has 0 amide bonds. The van der Waals surface area contributed by atoms with Crippen LogP contribution in [0, 0.1) is 5.41 Å². The summed E-state index contributed by atoms with van der Waals surface area (Å²) < 4.78 is 0. The average molecular weight is 371 g/mol. The predicted octanol–water partition coefficient (Wildman–Crippen LogP) is 7.00. The quantitative estimate of drug-likeness (QED) is 0.329. The Kier molecular flexibility index (Phi) is 4.42. The van der Waals surface area contributed by atoms with E-state index >= 15 is 0 Å². The van der Waals surface area contributed by atoms with Gasteiger partial charge in [0, 0.05) is 11.1 Å². The predicted molar refractivity (Wildman–Crippen MR) is 123 cm³/mol. The molecule has 138 valence electrons. The number of hydrogen-bond acceptors (Lipinski definition) is 1. The fourth-order valence-corrected chi connectivity index (χ4v) is 4.07. The molecule has 0 spiro atoms. The molecular formula is C28H21N. The summed E-state index contributed by atoms with van der Waals surface area (Å²) in [6.07, 6.45) is 0.813. The minimum atomic E-state index is 0.576. The first-order chi connectivity index (χ1) is 14.3. The van der Waals surface area contributed by atoms with Crippen molar-refractivity contribution in [2.75, 3.05) is 0 Å². The maximum absolute atomic E-state index is 8.92. The van der Waals surface area contributed by atoms with Crippen LogP contribution in [-0.2, 0) is 6.42 Å². The van der Waals surface area contributed by atoms with E-state index in [1.54, 1.807) is 0 Å². The van der Waals surface area contributed by atoms with Gasteiger partial charge in [-0.3, -0.25) is 5.41 Å². The smallest absolute Gasteiger partial charge is 0.0687 e. The normalized spacial score (nSPS) is 11.0. The lowest BCUT2D eigenvalue weighted by Gasteiger charge is -2.13. The summed E-state index contributed by atoms with van der Waals surface area (Å²) in [6.45, 7) is 0. The molecule has 0 unspecified atom stereocenters. The van der Waals surface area contributed by atoms with E-state index in [-0.39, 0.29) is 0 Å². The topological polar surface area (TPSA) is 23.9 Å². The third kappa shape index (κ3) is 3.32. The van der Waals surface area contributed by atoms with Crippen molar-refractivity contribution in [1.82, 2.24) is 0 Å². The molecule has 0 aromatic heterocycles. The van der Waals surface area contributed by atoms with Crippen LogP contribution in [0.25, 0.3) is 21.5 Å². The van der Waals surface area contributed by atoms with Gasteiger partial charge >= 0.3 is 0 Å². The summed E-state index contributed by atoms with van der Waals surface area (Å²) in [6, 6.07) is 37.9. The Labute approximate surface area is 170 Å². The molecule has 1 nitrogen and oxygen atoms in total. The zero-order valence-corrected chi connectivity index (χ0v) is 16.1. The molecule has 0 aliphatic carbocycles. The highest BCUT2D eigenvalue weighted by atomic mass is 14.4. The monoisotopic (exact) mass is 371 g/mol. The second-order valence-electron chi connectivity index (χ2n) is 7.41. The maximum Gasteiger partial charge on any atom is 0.0687 e. The van der Waals surface area contributed by atoms with Crippen LogP contribution >= 0.6 is 0 Å². The van der Waals surface area contributed by atoms with Crippen LogP contribution in [0.1, 0.15) is 22.3 Å². The van der Waals surface area contributed by atoms with Gasteiger partial charge in [0.15, 0.2) is 0 Å². The average Bonchev–Trinajstić information content (AvgIpc) is 2.79. The summed E-state index contributed by atoms with van der Waals surface area (Å²) in [7, 11) is 0. The molecule has 0 saturated carbocycles. The third-order valence-electron chi connectivity index (χ3n) is 5.59. The zero-order chi connectivity index (χ0) is 19.6. The van der Waals surface area contributed by atoms with Gasteiger partial charge in [-0.1, -0.05) is 103 Å². The van der Waals surface area contributed by atoms with E-state index in [2.05, 4.69) is 91.0 Å². The molecule has 0 aliphatic rings. The van der Waals surface area contributed by atoms with Crippen LogP contribution < -0.4 is 0 Å². The fourth-order valence-electron chi connectivity index (χ4n) is 4.07. The Morgan fingerprint density at radius 2 is 1.21 bits per heavy atom. The van der Waals surface area contributed by atoms with E-state index in [0.29, 0.717) is 5.71 Å². The number of hydrogen-bond donors (Lipinski definition) is 1. The van der Waals surface area contributed by atoms with Crippen LogP contribution in [0.15, 0.2) is 109 Å². The standard InChI is InChI=1S/C28H21N/c29-28(25-17-16-20-8-1-2-10-22(20)18-25)27-15-6-4-11-24(27)19-23-13-7-12-21-9-3-5-14-26(21)23/h1-18,29H,19H2. The summed E-state index contributed by atoms with van der Waals surface area (Å²) >= 11 is 0. The number of benzene rings is 5. The molecule has 0 radical (unpaired) electrons. The van der Waals surface area contributed by atoms with E-state index in [9.17, 15) is 0 Å². The second kappa shape index (κ2) is 7.37. The van der Waals surface area contributed by atoms with Gasteiger partial charge in [-0.05, 0) is 45.2 Å². The van der Waals surface area contributed by atoms with Crippen molar-refractivity contribution in [1.29, 1.82) is 5.41 Å². The molecule has 5 aromatic rings. The zero-order valence-electron chi connectivity index (χ0n) is 16.1. The molecule has 5 aromatic carbocycles. The van der Waals surface area contributed by atoms with Crippen molar-refractivity contribution in [3.63, 3.8) is 0 Å². The second-order valence-corrected chi connectivity index (χ2v) is 7.41. The lowest BCUT2D eigenvalue weighted by Crippen LogP contribution is -2.06. The first-order valence-corrected chi connectivity index (χ1v) is 9.92. The Morgan fingerprint density at radius 1 is 0.552 bits per heavy atom. The third-order valence-corrected chi connectivity index (χ3v) is 5.59. The van der Waals surface area contributed by atoms with Gasteiger partial charge in [0.25, 0.3) is 0 Å². The highest BCUT2D eigenvalue weighted by molar-refractivity contribution is 6.13. The molecule has 5 rings (SSSR count). The van der Waals surface area contributed by atoms with Crippen LogP contribution in [-0.4, -0.2) is 5.71 Å². The first-order valence-electron chi connectivity index (χ1n) is 9.92. The van der Waals surface area contributed by atoms with Crippen LogP contribution in [0.3, 0.4) is 0 Å². The molecule has 0 atom stereocenters. The number of nitrogens with one attached hydrogen (secondary N) is 1. The molecule has 0 saturated heterocycles. The molecule has 1 N–H and O–H groups in total. The minimum Gasteiger partial charge on any atom is -0.300 e.